The van der Waals surface area contributed by atoms with Crippen LogP contribution in [0.15, 0.2) is 11.1 Å². The molecule has 0 saturated heterocycles. The predicted molar refractivity (Wildman–Crippen MR) is 25.0 cm³/mol. The minimum absolute atomic E-state index is 0.895. The van der Waals surface area contributed by atoms with Gasteiger partial charge in [-0.2, -0.15) is 0 Å². The molecule has 0 aliphatic rings. The first kappa shape index (κ1) is 5.03. The standard InChI is InChI=1S/C4H6Cl/c1-4(2)3-5/h3H,1H2,2H3. The Kier molecular flexibility index (Phi) is 2.29. The first-order valence-electron chi connectivity index (χ1n) is 1.36. The van der Waals surface area contributed by atoms with Crippen LogP contribution in [-0.4, -0.2) is 0 Å². The van der Waals surface area contributed by atoms with Gasteiger partial charge in [0.25, 0.3) is 0 Å². The van der Waals surface area contributed by atoms with Crippen molar-refractivity contribution in [2.45, 2.75) is 6.92 Å². The van der Waals surface area contributed by atoms with Crippen molar-refractivity contribution in [1.82, 2.24) is 0 Å². The van der Waals surface area contributed by atoms with Gasteiger partial charge in [0, 0.05) is 5.54 Å². The summed E-state index contributed by atoms with van der Waals surface area (Å²) in [6, 6.07) is 0. The first-order chi connectivity index (χ1) is 2.27. The summed E-state index contributed by atoms with van der Waals surface area (Å²) in [4.78, 5) is 0. The van der Waals surface area contributed by atoms with E-state index in [1.54, 1.807) is 0 Å². The quantitative estimate of drug-likeness (QED) is 0.426. The Morgan fingerprint density at radius 1 is 2.00 bits per heavy atom. The number of allylic oxidation sites excluding steroid dienone is 1. The molecule has 1 heteroatoms. The SMILES string of the molecule is [CH2]C(C)=CCl. The lowest BCUT2D eigenvalue weighted by Gasteiger charge is -1.71. The normalized spacial score (nSPS) is 12.2. The molecule has 0 aromatic carbocycles. The van der Waals surface area contributed by atoms with Gasteiger partial charge in [0.15, 0.2) is 0 Å². The molecule has 0 N–H and O–H groups in total. The Balaban J connectivity index is 3.14. The Morgan fingerprint density at radius 2 is 2.20 bits per heavy atom. The smallest absolute Gasteiger partial charge is 0.00318 e. The summed E-state index contributed by atoms with van der Waals surface area (Å²) in [5.41, 5.74) is 2.34. The molecule has 0 bridgehead atoms. The highest BCUT2D eigenvalue weighted by atomic mass is 35.5. The predicted octanol–water partition coefficient (Wildman–Crippen LogP) is 1.96. The van der Waals surface area contributed by atoms with Gasteiger partial charge in [-0.05, 0) is 13.8 Å². The van der Waals surface area contributed by atoms with Gasteiger partial charge in [-0.1, -0.05) is 17.2 Å². The molecular weight excluding hydrogens is 83.5 g/mol. The van der Waals surface area contributed by atoms with Gasteiger partial charge in [-0.25, -0.2) is 0 Å². The van der Waals surface area contributed by atoms with Crippen molar-refractivity contribution in [3.63, 3.8) is 0 Å². The van der Waals surface area contributed by atoms with E-state index in [-0.39, 0.29) is 0 Å². The second kappa shape index (κ2) is 2.28. The van der Waals surface area contributed by atoms with Crippen molar-refractivity contribution in [1.29, 1.82) is 0 Å². The highest BCUT2D eigenvalue weighted by molar-refractivity contribution is 6.25. The lowest BCUT2D eigenvalue weighted by atomic mass is 10.4. The molecule has 0 nitrogen and oxygen atoms in total. The van der Waals surface area contributed by atoms with Crippen LogP contribution in [0.2, 0.25) is 0 Å². The largest absolute Gasteiger partial charge is 0.0930 e. The summed E-state index contributed by atoms with van der Waals surface area (Å²) in [6.07, 6.45) is 0. The molecule has 0 rings (SSSR count). The minimum atomic E-state index is 0.895. The second-order valence-electron chi connectivity index (χ2n) is 0.955. The van der Waals surface area contributed by atoms with Crippen molar-refractivity contribution in [2.24, 2.45) is 0 Å². The molecular formula is C4H6Cl. The molecule has 1 radical (unpaired) electrons. The van der Waals surface area contributed by atoms with Crippen molar-refractivity contribution in [3.8, 4) is 0 Å². The highest BCUT2D eigenvalue weighted by Crippen LogP contribution is 1.87. The fourth-order valence-corrected chi connectivity index (χ4v) is 0. The van der Waals surface area contributed by atoms with Crippen molar-refractivity contribution >= 4 is 11.6 Å². The zero-order valence-electron chi connectivity index (χ0n) is 3.16. The van der Waals surface area contributed by atoms with E-state index < -0.39 is 0 Å². The van der Waals surface area contributed by atoms with Crippen LogP contribution in [0.4, 0.5) is 0 Å². The van der Waals surface area contributed by atoms with Crippen molar-refractivity contribution in [2.75, 3.05) is 0 Å². The maximum atomic E-state index is 5.11. The Bertz CT molecular complexity index is 41.6. The minimum Gasteiger partial charge on any atom is -0.0930 e. The zero-order valence-corrected chi connectivity index (χ0v) is 3.92. The average Bonchev–Trinajstić information content (AvgIpc) is 1.38. The van der Waals surface area contributed by atoms with Crippen LogP contribution in [0.5, 0.6) is 0 Å². The lowest BCUT2D eigenvalue weighted by molar-refractivity contribution is 1.56. The van der Waals surface area contributed by atoms with E-state index in [2.05, 4.69) is 6.92 Å². The molecule has 29 valence electrons. The van der Waals surface area contributed by atoms with E-state index in [0.29, 0.717) is 0 Å². The number of hydrogen-bond acceptors (Lipinski definition) is 0. The van der Waals surface area contributed by atoms with Crippen LogP contribution in [0.1, 0.15) is 6.92 Å². The molecule has 0 aromatic heterocycles. The van der Waals surface area contributed by atoms with Gasteiger partial charge < -0.3 is 0 Å². The summed E-state index contributed by atoms with van der Waals surface area (Å²) in [5.74, 6) is 0. The van der Waals surface area contributed by atoms with Crippen LogP contribution in [-0.2, 0) is 0 Å². The number of rotatable bonds is 0. The maximum Gasteiger partial charge on any atom is 0.00318 e. The van der Waals surface area contributed by atoms with Crippen LogP contribution in [0, 0.1) is 6.92 Å². The molecule has 0 aromatic rings. The van der Waals surface area contributed by atoms with Crippen LogP contribution < -0.4 is 0 Å². The molecule has 0 aliphatic carbocycles. The molecule has 0 spiro atoms. The van der Waals surface area contributed by atoms with E-state index in [1.807, 2.05) is 6.92 Å². The maximum absolute atomic E-state index is 5.11. The molecule has 0 amide bonds. The lowest BCUT2D eigenvalue weighted by Crippen LogP contribution is -1.50. The third-order valence-corrected chi connectivity index (χ3v) is 0.559. The van der Waals surface area contributed by atoms with Gasteiger partial charge in [0.1, 0.15) is 0 Å². The molecule has 0 fully saturated rings. The van der Waals surface area contributed by atoms with E-state index in [4.69, 9.17) is 11.6 Å². The molecule has 0 saturated carbocycles. The third-order valence-electron chi connectivity index (χ3n) is 0.186. The van der Waals surface area contributed by atoms with Gasteiger partial charge in [-0.15, -0.1) is 0 Å². The van der Waals surface area contributed by atoms with Crippen LogP contribution >= 0.6 is 11.6 Å². The van der Waals surface area contributed by atoms with Crippen molar-refractivity contribution in [3.05, 3.63) is 18.0 Å². The molecule has 0 aliphatic heterocycles. The Labute approximate surface area is 37.4 Å². The van der Waals surface area contributed by atoms with Gasteiger partial charge in [-0.3, -0.25) is 0 Å². The van der Waals surface area contributed by atoms with E-state index >= 15 is 0 Å². The molecule has 0 atom stereocenters. The van der Waals surface area contributed by atoms with Gasteiger partial charge in [0.05, 0.1) is 0 Å². The fourth-order valence-electron chi connectivity index (χ4n) is 0. The summed E-state index contributed by atoms with van der Waals surface area (Å²) >= 11 is 5.11. The summed E-state index contributed by atoms with van der Waals surface area (Å²) in [5, 5.41) is 0. The molecule has 0 unspecified atom stereocenters. The highest BCUT2D eigenvalue weighted by Gasteiger charge is 1.63. The number of halogens is 1. The average molecular weight is 89.5 g/mol. The number of hydrogen-bond donors (Lipinski definition) is 0. The third kappa shape index (κ3) is 4.03. The zero-order chi connectivity index (χ0) is 4.28. The fraction of sp³-hybridized carbons (Fsp3) is 0.250. The molecule has 5 heavy (non-hydrogen) atoms. The second-order valence-corrected chi connectivity index (χ2v) is 1.17. The summed E-state index contributed by atoms with van der Waals surface area (Å²) in [6.45, 7) is 5.33. The Morgan fingerprint density at radius 3 is 2.20 bits per heavy atom. The van der Waals surface area contributed by atoms with Crippen molar-refractivity contribution < 1.29 is 0 Å². The van der Waals surface area contributed by atoms with Gasteiger partial charge in [0.2, 0.25) is 0 Å². The van der Waals surface area contributed by atoms with Gasteiger partial charge >= 0.3 is 0 Å². The topological polar surface area (TPSA) is 0 Å². The summed E-state index contributed by atoms with van der Waals surface area (Å²) in [7, 11) is 0. The van der Waals surface area contributed by atoms with E-state index in [0.717, 1.165) is 5.57 Å². The molecule has 0 heterocycles. The van der Waals surface area contributed by atoms with Crippen LogP contribution in [0.25, 0.3) is 0 Å². The monoisotopic (exact) mass is 89.0 g/mol. The van der Waals surface area contributed by atoms with E-state index in [1.165, 1.54) is 5.54 Å². The summed E-state index contributed by atoms with van der Waals surface area (Å²) < 4.78 is 0. The first-order valence-corrected chi connectivity index (χ1v) is 1.80. The van der Waals surface area contributed by atoms with Crippen LogP contribution in [0.3, 0.4) is 0 Å². The Hall–Kier alpha value is 0.0300. The van der Waals surface area contributed by atoms with E-state index in [9.17, 15) is 0 Å².